The Bertz CT molecular complexity index is 295. The van der Waals surface area contributed by atoms with Crippen LogP contribution in [-0.4, -0.2) is 6.54 Å². The van der Waals surface area contributed by atoms with Gasteiger partial charge in [0.2, 0.25) is 0 Å². The van der Waals surface area contributed by atoms with E-state index in [-0.39, 0.29) is 24.8 Å². The van der Waals surface area contributed by atoms with Crippen molar-refractivity contribution >= 4 is 12.4 Å². The van der Waals surface area contributed by atoms with Crippen LogP contribution in [0.5, 0.6) is 0 Å². The third kappa shape index (κ3) is 3.85. The van der Waals surface area contributed by atoms with Crippen LogP contribution in [0.15, 0.2) is 36.2 Å². The molecular weight excluding hydrogens is 208 g/mol. The van der Waals surface area contributed by atoms with Crippen LogP contribution in [0.1, 0.15) is 5.56 Å². The molecule has 0 aliphatic heterocycles. The first-order valence-corrected chi connectivity index (χ1v) is 3.99. The summed E-state index contributed by atoms with van der Waals surface area (Å²) in [5.41, 5.74) is 6.64. The third-order valence-electron chi connectivity index (χ3n) is 1.76. The van der Waals surface area contributed by atoms with E-state index in [1.54, 1.807) is 12.1 Å². The van der Waals surface area contributed by atoms with Gasteiger partial charge in [0.15, 0.2) is 0 Å². The molecule has 0 unspecified atom stereocenters. The molecule has 0 spiro atoms. The smallest absolute Gasteiger partial charge is 0.123 e. The largest absolute Gasteiger partial charge is 0.327 e. The lowest BCUT2D eigenvalue weighted by Gasteiger charge is -2.02. The van der Waals surface area contributed by atoms with Crippen molar-refractivity contribution in [3.05, 3.63) is 47.5 Å². The average Bonchev–Trinajstić information content (AvgIpc) is 2.17. The van der Waals surface area contributed by atoms with Crippen LogP contribution < -0.4 is 5.73 Å². The van der Waals surface area contributed by atoms with E-state index in [0.29, 0.717) is 18.3 Å². The minimum Gasteiger partial charge on any atom is -0.327 e. The summed E-state index contributed by atoms with van der Waals surface area (Å²) in [5, 5.41) is 0. The molecule has 0 aliphatic rings. The fraction of sp³-hybridized carbons (Fsp3) is 0.200. The Kier molecular flexibility index (Phi) is 6.08. The zero-order valence-electron chi connectivity index (χ0n) is 7.54. The quantitative estimate of drug-likeness (QED) is 0.831. The van der Waals surface area contributed by atoms with E-state index >= 15 is 0 Å². The van der Waals surface area contributed by atoms with Gasteiger partial charge in [0.05, 0.1) is 6.33 Å². The molecule has 0 aromatic heterocycles. The van der Waals surface area contributed by atoms with Crippen molar-refractivity contribution < 1.29 is 8.78 Å². The maximum Gasteiger partial charge on any atom is 0.123 e. The molecule has 78 valence electrons. The normalized spacial score (nSPS) is 10.9. The highest BCUT2D eigenvalue weighted by atomic mass is 35.5. The monoisotopic (exact) mass is 219 g/mol. The van der Waals surface area contributed by atoms with Crippen LogP contribution in [0.3, 0.4) is 0 Å². The van der Waals surface area contributed by atoms with Gasteiger partial charge in [-0.15, -0.1) is 12.4 Å². The van der Waals surface area contributed by atoms with Crippen molar-refractivity contribution in [1.82, 2.24) is 0 Å². The molecule has 0 aliphatic carbocycles. The Labute approximate surface area is 88.0 Å². The van der Waals surface area contributed by atoms with Gasteiger partial charge in [-0.05, 0) is 29.7 Å². The molecule has 0 radical (unpaired) electrons. The highest BCUT2D eigenvalue weighted by Crippen LogP contribution is 2.08. The van der Waals surface area contributed by atoms with Crippen LogP contribution in [-0.2, 0) is 6.42 Å². The summed E-state index contributed by atoms with van der Waals surface area (Å²) in [6.07, 6.45) is 0.941. The molecule has 0 fully saturated rings. The summed E-state index contributed by atoms with van der Waals surface area (Å²) in [7, 11) is 0. The molecule has 1 aromatic rings. The van der Waals surface area contributed by atoms with E-state index in [0.717, 1.165) is 5.56 Å². The van der Waals surface area contributed by atoms with Crippen LogP contribution in [0, 0.1) is 5.82 Å². The molecule has 1 nitrogen and oxygen atoms in total. The predicted octanol–water partition coefficient (Wildman–Crippen LogP) is 2.60. The molecule has 0 atom stereocenters. The van der Waals surface area contributed by atoms with E-state index in [1.807, 2.05) is 0 Å². The number of benzene rings is 1. The van der Waals surface area contributed by atoms with Crippen molar-refractivity contribution in [1.29, 1.82) is 0 Å². The van der Waals surface area contributed by atoms with Gasteiger partial charge in [0, 0.05) is 6.54 Å². The SMILES string of the molecule is Cl.NC/C(=C/F)Cc1ccc(F)cc1. The summed E-state index contributed by atoms with van der Waals surface area (Å²) in [5.74, 6) is -0.290. The highest BCUT2D eigenvalue weighted by Gasteiger charge is 1.98. The zero-order chi connectivity index (χ0) is 9.68. The van der Waals surface area contributed by atoms with Crippen LogP contribution in [0.2, 0.25) is 0 Å². The Morgan fingerprint density at radius 2 is 1.86 bits per heavy atom. The molecule has 1 rings (SSSR count). The second-order valence-electron chi connectivity index (χ2n) is 2.77. The van der Waals surface area contributed by atoms with E-state index < -0.39 is 0 Å². The van der Waals surface area contributed by atoms with Crippen molar-refractivity contribution in [2.45, 2.75) is 6.42 Å². The van der Waals surface area contributed by atoms with Crippen LogP contribution in [0.4, 0.5) is 8.78 Å². The minimum atomic E-state index is -0.290. The Balaban J connectivity index is 0.00000169. The Morgan fingerprint density at radius 1 is 1.29 bits per heavy atom. The molecule has 0 bridgehead atoms. The van der Waals surface area contributed by atoms with Gasteiger partial charge in [-0.25, -0.2) is 8.78 Å². The second-order valence-corrected chi connectivity index (χ2v) is 2.77. The van der Waals surface area contributed by atoms with Crippen LogP contribution in [0.25, 0.3) is 0 Å². The van der Waals surface area contributed by atoms with Gasteiger partial charge < -0.3 is 5.73 Å². The number of hydrogen-bond donors (Lipinski definition) is 1. The van der Waals surface area contributed by atoms with Gasteiger partial charge in [0.25, 0.3) is 0 Å². The molecule has 1 aromatic carbocycles. The fourth-order valence-electron chi connectivity index (χ4n) is 1.02. The summed E-state index contributed by atoms with van der Waals surface area (Å²) in [6, 6.07) is 5.94. The Morgan fingerprint density at radius 3 is 2.29 bits per heavy atom. The Hall–Kier alpha value is -0.930. The predicted molar refractivity (Wildman–Crippen MR) is 55.6 cm³/mol. The zero-order valence-corrected chi connectivity index (χ0v) is 8.36. The fourth-order valence-corrected chi connectivity index (χ4v) is 1.02. The van der Waals surface area contributed by atoms with Gasteiger partial charge in [-0.3, -0.25) is 0 Å². The summed E-state index contributed by atoms with van der Waals surface area (Å²) in [4.78, 5) is 0. The van der Waals surface area contributed by atoms with E-state index in [9.17, 15) is 8.78 Å². The van der Waals surface area contributed by atoms with Crippen molar-refractivity contribution in [3.63, 3.8) is 0 Å². The van der Waals surface area contributed by atoms with Gasteiger partial charge in [0.1, 0.15) is 5.82 Å². The molecule has 14 heavy (non-hydrogen) atoms. The topological polar surface area (TPSA) is 26.0 Å². The average molecular weight is 220 g/mol. The van der Waals surface area contributed by atoms with E-state index in [1.165, 1.54) is 12.1 Å². The summed E-state index contributed by atoms with van der Waals surface area (Å²) in [6.45, 7) is 0.188. The first kappa shape index (κ1) is 13.1. The highest BCUT2D eigenvalue weighted by molar-refractivity contribution is 5.85. The molecular formula is C10H12ClF2N. The molecule has 4 heteroatoms. The van der Waals surface area contributed by atoms with E-state index in [4.69, 9.17) is 5.73 Å². The lowest BCUT2D eigenvalue weighted by Crippen LogP contribution is -2.05. The number of halogens is 3. The first-order chi connectivity index (χ1) is 6.26. The minimum absolute atomic E-state index is 0. The maximum atomic E-state index is 12.5. The lowest BCUT2D eigenvalue weighted by atomic mass is 10.1. The van der Waals surface area contributed by atoms with Crippen molar-refractivity contribution in [3.8, 4) is 0 Å². The molecule has 2 N–H and O–H groups in total. The lowest BCUT2D eigenvalue weighted by molar-refractivity contribution is 0.627. The molecule has 0 saturated heterocycles. The number of rotatable bonds is 3. The van der Waals surface area contributed by atoms with Crippen molar-refractivity contribution in [2.75, 3.05) is 6.54 Å². The third-order valence-corrected chi connectivity index (χ3v) is 1.76. The maximum absolute atomic E-state index is 12.5. The van der Waals surface area contributed by atoms with Gasteiger partial charge >= 0.3 is 0 Å². The molecule has 0 saturated carbocycles. The summed E-state index contributed by atoms with van der Waals surface area (Å²) >= 11 is 0. The second kappa shape index (κ2) is 6.51. The van der Waals surface area contributed by atoms with Crippen LogP contribution >= 0.6 is 12.4 Å². The van der Waals surface area contributed by atoms with Gasteiger partial charge in [-0.1, -0.05) is 12.1 Å². The first-order valence-electron chi connectivity index (χ1n) is 3.99. The number of hydrogen-bond acceptors (Lipinski definition) is 1. The summed E-state index contributed by atoms with van der Waals surface area (Å²) < 4.78 is 24.6. The van der Waals surface area contributed by atoms with Crippen molar-refractivity contribution in [2.24, 2.45) is 5.73 Å². The van der Waals surface area contributed by atoms with E-state index in [2.05, 4.69) is 0 Å². The molecule has 0 amide bonds. The standard InChI is InChI=1S/C10H11F2N.ClH/c11-6-9(7-13)5-8-1-3-10(12)4-2-8;/h1-4,6H,5,7,13H2;1H/b9-6+;. The van der Waals surface area contributed by atoms with Gasteiger partial charge in [-0.2, -0.15) is 0 Å². The number of nitrogens with two attached hydrogens (primary N) is 1. The molecule has 0 heterocycles.